The standard InChI is InChI=1S/C16H22N2O2S/c1-19-9-6-18-12-13-2-3-16(14(10-13)11-17)21-15-4-7-20-8-5-15/h2-3,10,15,18H,4-9,12H2,1H3. The van der Waals surface area contributed by atoms with Crippen LogP contribution < -0.4 is 5.32 Å². The highest BCUT2D eigenvalue weighted by Gasteiger charge is 2.16. The van der Waals surface area contributed by atoms with Gasteiger partial charge in [0.05, 0.1) is 12.2 Å². The maximum absolute atomic E-state index is 9.35. The van der Waals surface area contributed by atoms with Crippen molar-refractivity contribution in [2.45, 2.75) is 29.5 Å². The van der Waals surface area contributed by atoms with Gasteiger partial charge in [0.2, 0.25) is 0 Å². The van der Waals surface area contributed by atoms with Crippen LogP contribution in [0.1, 0.15) is 24.0 Å². The van der Waals surface area contributed by atoms with Crippen molar-refractivity contribution in [2.24, 2.45) is 0 Å². The van der Waals surface area contributed by atoms with Crippen LogP contribution in [0.5, 0.6) is 0 Å². The Morgan fingerprint density at radius 3 is 2.95 bits per heavy atom. The van der Waals surface area contributed by atoms with Crippen LogP contribution in [-0.4, -0.2) is 38.7 Å². The van der Waals surface area contributed by atoms with E-state index in [1.54, 1.807) is 7.11 Å². The van der Waals surface area contributed by atoms with Crippen LogP contribution in [0.4, 0.5) is 0 Å². The molecule has 1 N–H and O–H groups in total. The summed E-state index contributed by atoms with van der Waals surface area (Å²) in [5.74, 6) is 0. The molecule has 1 aliphatic heterocycles. The second-order valence-corrected chi connectivity index (χ2v) is 6.38. The van der Waals surface area contributed by atoms with Crippen molar-refractivity contribution in [3.63, 3.8) is 0 Å². The van der Waals surface area contributed by atoms with Gasteiger partial charge in [0, 0.05) is 43.6 Å². The molecule has 1 aliphatic rings. The number of thioether (sulfide) groups is 1. The molecular weight excluding hydrogens is 284 g/mol. The van der Waals surface area contributed by atoms with Crippen LogP contribution in [0.3, 0.4) is 0 Å². The van der Waals surface area contributed by atoms with Crippen LogP contribution in [0.15, 0.2) is 23.1 Å². The predicted molar refractivity (Wildman–Crippen MR) is 84.4 cm³/mol. The van der Waals surface area contributed by atoms with Crippen LogP contribution in [0.25, 0.3) is 0 Å². The predicted octanol–water partition coefficient (Wildman–Crippen LogP) is 2.57. The number of nitrogens with one attached hydrogen (secondary N) is 1. The quantitative estimate of drug-likeness (QED) is 0.785. The Hall–Kier alpha value is -1.06. The summed E-state index contributed by atoms with van der Waals surface area (Å²) in [7, 11) is 1.69. The van der Waals surface area contributed by atoms with Gasteiger partial charge >= 0.3 is 0 Å². The summed E-state index contributed by atoms with van der Waals surface area (Å²) in [5.41, 5.74) is 1.91. The Balaban J connectivity index is 1.94. The highest BCUT2D eigenvalue weighted by atomic mass is 32.2. The first kappa shape index (κ1) is 16.3. The molecule has 1 fully saturated rings. The lowest BCUT2D eigenvalue weighted by Crippen LogP contribution is -2.19. The molecule has 1 heterocycles. The molecule has 2 rings (SSSR count). The molecule has 1 aromatic rings. The molecule has 114 valence electrons. The second kappa shape index (κ2) is 9.06. The normalized spacial score (nSPS) is 15.8. The van der Waals surface area contributed by atoms with E-state index in [9.17, 15) is 5.26 Å². The lowest BCUT2D eigenvalue weighted by atomic mass is 10.1. The summed E-state index contributed by atoms with van der Waals surface area (Å²) in [5, 5.41) is 13.2. The van der Waals surface area contributed by atoms with Crippen molar-refractivity contribution < 1.29 is 9.47 Å². The first-order valence-electron chi connectivity index (χ1n) is 7.30. The summed E-state index contributed by atoms with van der Waals surface area (Å²) in [4.78, 5) is 1.09. The third-order valence-corrected chi connectivity index (χ3v) is 4.85. The van der Waals surface area contributed by atoms with Crippen LogP contribution in [-0.2, 0) is 16.0 Å². The van der Waals surface area contributed by atoms with Gasteiger partial charge in [-0.15, -0.1) is 11.8 Å². The summed E-state index contributed by atoms with van der Waals surface area (Å²) in [6, 6.07) is 8.49. The molecule has 0 spiro atoms. The molecule has 0 unspecified atom stereocenters. The zero-order valence-corrected chi connectivity index (χ0v) is 13.2. The smallest absolute Gasteiger partial charge is 0.100 e. The van der Waals surface area contributed by atoms with E-state index < -0.39 is 0 Å². The molecular formula is C16H22N2O2S. The fourth-order valence-electron chi connectivity index (χ4n) is 2.26. The van der Waals surface area contributed by atoms with Crippen molar-refractivity contribution in [2.75, 3.05) is 33.5 Å². The Bertz CT molecular complexity index is 482. The van der Waals surface area contributed by atoms with E-state index in [0.29, 0.717) is 11.9 Å². The Labute approximate surface area is 130 Å². The lowest BCUT2D eigenvalue weighted by molar-refractivity contribution is 0.100. The minimum Gasteiger partial charge on any atom is -0.383 e. The number of ether oxygens (including phenoxy) is 2. The van der Waals surface area contributed by atoms with Gasteiger partial charge in [0.25, 0.3) is 0 Å². The Morgan fingerprint density at radius 2 is 2.24 bits per heavy atom. The molecule has 0 aliphatic carbocycles. The fourth-order valence-corrected chi connectivity index (χ4v) is 3.42. The zero-order chi connectivity index (χ0) is 14.9. The molecule has 0 aromatic heterocycles. The Kier molecular flexibility index (Phi) is 7.04. The highest BCUT2D eigenvalue weighted by molar-refractivity contribution is 8.00. The SMILES string of the molecule is COCCNCc1ccc(SC2CCOCC2)c(C#N)c1. The summed E-state index contributed by atoms with van der Waals surface area (Å²) in [6.45, 7) is 3.95. The number of rotatable bonds is 7. The molecule has 5 heteroatoms. The summed E-state index contributed by atoms with van der Waals surface area (Å²) < 4.78 is 10.4. The van der Waals surface area contributed by atoms with Crippen molar-refractivity contribution in [3.8, 4) is 6.07 Å². The second-order valence-electron chi connectivity index (χ2n) is 5.04. The fraction of sp³-hybridized carbons (Fsp3) is 0.562. The lowest BCUT2D eigenvalue weighted by Gasteiger charge is -2.22. The van der Waals surface area contributed by atoms with Gasteiger partial charge in [-0.25, -0.2) is 0 Å². The molecule has 1 saturated heterocycles. The molecule has 21 heavy (non-hydrogen) atoms. The van der Waals surface area contributed by atoms with E-state index in [-0.39, 0.29) is 0 Å². The number of methoxy groups -OCH3 is 1. The molecule has 0 atom stereocenters. The van der Waals surface area contributed by atoms with Gasteiger partial charge in [-0.05, 0) is 30.5 Å². The number of nitrogens with zero attached hydrogens (tertiary/aromatic N) is 1. The summed E-state index contributed by atoms with van der Waals surface area (Å²) in [6.07, 6.45) is 2.13. The van der Waals surface area contributed by atoms with Crippen molar-refractivity contribution >= 4 is 11.8 Å². The molecule has 1 aromatic carbocycles. The molecule has 0 radical (unpaired) electrons. The highest BCUT2D eigenvalue weighted by Crippen LogP contribution is 2.32. The van der Waals surface area contributed by atoms with Gasteiger partial charge in [-0.1, -0.05) is 6.07 Å². The molecule has 0 amide bonds. The third kappa shape index (κ3) is 5.33. The average molecular weight is 306 g/mol. The van der Waals surface area contributed by atoms with Gasteiger partial charge < -0.3 is 14.8 Å². The van der Waals surface area contributed by atoms with E-state index in [1.165, 1.54) is 0 Å². The van der Waals surface area contributed by atoms with Crippen molar-refractivity contribution in [1.82, 2.24) is 5.32 Å². The first-order chi connectivity index (χ1) is 10.3. The maximum Gasteiger partial charge on any atom is 0.100 e. The van der Waals surface area contributed by atoms with Crippen LogP contribution in [0, 0.1) is 11.3 Å². The molecule has 0 bridgehead atoms. The van der Waals surface area contributed by atoms with Crippen LogP contribution >= 0.6 is 11.8 Å². The molecule has 0 saturated carbocycles. The summed E-state index contributed by atoms with van der Waals surface area (Å²) >= 11 is 1.81. The van der Waals surface area contributed by atoms with Gasteiger partial charge in [-0.2, -0.15) is 5.26 Å². The molecule has 4 nitrogen and oxygen atoms in total. The number of nitriles is 1. The zero-order valence-electron chi connectivity index (χ0n) is 12.4. The number of hydrogen-bond acceptors (Lipinski definition) is 5. The maximum atomic E-state index is 9.35. The monoisotopic (exact) mass is 306 g/mol. The van der Waals surface area contributed by atoms with E-state index in [0.717, 1.165) is 55.2 Å². The van der Waals surface area contributed by atoms with Gasteiger partial charge in [0.1, 0.15) is 6.07 Å². The van der Waals surface area contributed by atoms with Crippen LogP contribution in [0.2, 0.25) is 0 Å². The number of hydrogen-bond donors (Lipinski definition) is 1. The first-order valence-corrected chi connectivity index (χ1v) is 8.18. The van der Waals surface area contributed by atoms with E-state index in [2.05, 4.69) is 23.5 Å². The number of benzene rings is 1. The van der Waals surface area contributed by atoms with Crippen molar-refractivity contribution in [1.29, 1.82) is 5.26 Å². The van der Waals surface area contributed by atoms with E-state index >= 15 is 0 Å². The van der Waals surface area contributed by atoms with E-state index in [4.69, 9.17) is 9.47 Å². The minimum atomic E-state index is 0.566. The topological polar surface area (TPSA) is 54.3 Å². The largest absolute Gasteiger partial charge is 0.383 e. The van der Waals surface area contributed by atoms with E-state index in [1.807, 2.05) is 17.8 Å². The Morgan fingerprint density at radius 1 is 1.43 bits per heavy atom. The minimum absolute atomic E-state index is 0.566. The average Bonchev–Trinajstić information content (AvgIpc) is 2.53. The van der Waals surface area contributed by atoms with Gasteiger partial charge in [-0.3, -0.25) is 0 Å². The van der Waals surface area contributed by atoms with Gasteiger partial charge in [0.15, 0.2) is 0 Å². The third-order valence-electron chi connectivity index (χ3n) is 3.44. The van der Waals surface area contributed by atoms with Crippen molar-refractivity contribution in [3.05, 3.63) is 29.3 Å².